The average Bonchev–Trinajstić information content (AvgIpc) is 3.30. The number of fused-ring (bicyclic) bond motifs is 3. The molecule has 0 bridgehead atoms. The van der Waals surface area contributed by atoms with Crippen LogP contribution in [0.1, 0.15) is 126 Å². The maximum Gasteiger partial charge on any atom is 0.494 e. The van der Waals surface area contributed by atoms with Crippen LogP contribution in [0, 0.1) is 0 Å². The number of hydrogen-bond donors (Lipinski definition) is 0. The Morgan fingerprint density at radius 2 is 1.05 bits per heavy atom. The molecule has 1 aliphatic rings. The normalized spacial score (nSPS) is 18.4. The van der Waals surface area contributed by atoms with E-state index >= 15 is 0 Å². The Hall–Kier alpha value is -1.78. The van der Waals surface area contributed by atoms with Gasteiger partial charge in [-0.1, -0.05) is 80.5 Å². The van der Waals surface area contributed by atoms with Crippen LogP contribution in [0.4, 0.5) is 0 Å². The van der Waals surface area contributed by atoms with Crippen molar-refractivity contribution in [2.45, 2.75) is 137 Å². The van der Waals surface area contributed by atoms with Gasteiger partial charge in [0, 0.05) is 21.9 Å². The standard InChI is InChI=1S/C33H49BO3/c1-14-29(4,5)21-17-23-24-19-22(34-36-32(10,11)33(12,13)37-34)20-26(31(8,9)16-3)28(24)35-27(23)25(18-21)30(6,7)15-2/h17-20H,14-16H2,1-13H3. The van der Waals surface area contributed by atoms with Gasteiger partial charge in [0.25, 0.3) is 0 Å². The van der Waals surface area contributed by atoms with E-state index in [9.17, 15) is 0 Å². The molecule has 0 N–H and O–H groups in total. The van der Waals surface area contributed by atoms with Crippen LogP contribution in [-0.2, 0) is 25.6 Å². The van der Waals surface area contributed by atoms with Crippen molar-refractivity contribution in [1.29, 1.82) is 0 Å². The van der Waals surface area contributed by atoms with Gasteiger partial charge in [-0.3, -0.25) is 0 Å². The Bertz CT molecular complexity index is 1310. The summed E-state index contributed by atoms with van der Waals surface area (Å²) in [4.78, 5) is 0. The summed E-state index contributed by atoms with van der Waals surface area (Å²) in [7, 11) is -0.410. The van der Waals surface area contributed by atoms with Crippen LogP contribution in [0.3, 0.4) is 0 Å². The van der Waals surface area contributed by atoms with E-state index in [1.807, 2.05) is 0 Å². The molecule has 4 heteroatoms. The lowest BCUT2D eigenvalue weighted by Crippen LogP contribution is -2.41. The van der Waals surface area contributed by atoms with Crippen LogP contribution in [0.5, 0.6) is 0 Å². The van der Waals surface area contributed by atoms with Crippen molar-refractivity contribution in [1.82, 2.24) is 0 Å². The molecule has 0 saturated carbocycles. The number of rotatable bonds is 7. The molecule has 3 aromatic rings. The summed E-state index contributed by atoms with van der Waals surface area (Å²) in [6, 6.07) is 9.34. The summed E-state index contributed by atoms with van der Waals surface area (Å²) in [5, 5.41) is 2.37. The summed E-state index contributed by atoms with van der Waals surface area (Å²) in [5.41, 5.74) is 6.25. The molecule has 0 amide bonds. The molecule has 0 radical (unpaired) electrons. The predicted octanol–water partition coefficient (Wildman–Crippen LogP) is 8.95. The first-order valence-corrected chi connectivity index (χ1v) is 14.3. The highest BCUT2D eigenvalue weighted by atomic mass is 16.7. The fourth-order valence-corrected chi connectivity index (χ4v) is 5.10. The van der Waals surface area contributed by atoms with Gasteiger partial charge >= 0.3 is 7.12 Å². The molecule has 202 valence electrons. The lowest BCUT2D eigenvalue weighted by atomic mass is 9.72. The Balaban J connectivity index is 2.11. The third kappa shape index (κ3) is 4.57. The van der Waals surface area contributed by atoms with Crippen molar-refractivity contribution in [2.24, 2.45) is 0 Å². The third-order valence-electron chi connectivity index (χ3n) is 10.1. The average molecular weight is 505 g/mol. The number of hydrogen-bond acceptors (Lipinski definition) is 3. The van der Waals surface area contributed by atoms with Crippen LogP contribution in [0.15, 0.2) is 28.7 Å². The molecular formula is C33H49BO3. The monoisotopic (exact) mass is 504 g/mol. The van der Waals surface area contributed by atoms with Crippen molar-refractivity contribution >= 4 is 34.5 Å². The molecular weight excluding hydrogens is 455 g/mol. The molecule has 0 unspecified atom stereocenters. The van der Waals surface area contributed by atoms with Gasteiger partial charge in [-0.2, -0.15) is 0 Å². The van der Waals surface area contributed by atoms with Crippen LogP contribution >= 0.6 is 0 Å². The van der Waals surface area contributed by atoms with Gasteiger partial charge < -0.3 is 13.7 Å². The van der Waals surface area contributed by atoms with E-state index < -0.39 is 7.12 Å². The van der Waals surface area contributed by atoms with Gasteiger partial charge in [-0.25, -0.2) is 0 Å². The van der Waals surface area contributed by atoms with E-state index in [-0.39, 0.29) is 27.4 Å². The first-order chi connectivity index (χ1) is 16.9. The van der Waals surface area contributed by atoms with Crippen molar-refractivity contribution in [3.05, 3.63) is 41.0 Å². The predicted molar refractivity (Wildman–Crippen MR) is 159 cm³/mol. The highest BCUT2D eigenvalue weighted by molar-refractivity contribution is 6.62. The Labute approximate surface area is 225 Å². The SMILES string of the molecule is CCC(C)(C)c1cc(C(C)(C)CC)c2oc3c(C(C)(C)CC)cc(B4OC(C)(C)C(C)(C)O4)cc3c2c1. The summed E-state index contributed by atoms with van der Waals surface area (Å²) >= 11 is 0. The van der Waals surface area contributed by atoms with Crippen molar-refractivity contribution in [3.8, 4) is 0 Å². The first-order valence-electron chi connectivity index (χ1n) is 14.3. The molecule has 0 atom stereocenters. The number of furan rings is 1. The van der Waals surface area contributed by atoms with Crippen molar-refractivity contribution in [2.75, 3.05) is 0 Å². The highest BCUT2D eigenvalue weighted by Gasteiger charge is 2.52. The largest absolute Gasteiger partial charge is 0.494 e. The molecule has 2 heterocycles. The molecule has 1 saturated heterocycles. The Morgan fingerprint density at radius 3 is 1.51 bits per heavy atom. The smallest absolute Gasteiger partial charge is 0.455 e. The van der Waals surface area contributed by atoms with E-state index in [4.69, 9.17) is 13.7 Å². The first kappa shape index (κ1) is 28.2. The van der Waals surface area contributed by atoms with E-state index in [1.54, 1.807) is 0 Å². The lowest BCUT2D eigenvalue weighted by molar-refractivity contribution is 0.00578. The number of benzene rings is 2. The van der Waals surface area contributed by atoms with Gasteiger partial charge in [0.1, 0.15) is 11.2 Å². The fraction of sp³-hybridized carbons (Fsp3) is 0.636. The molecule has 1 aliphatic heterocycles. The summed E-state index contributed by atoms with van der Waals surface area (Å²) in [6.45, 7) is 29.3. The fourth-order valence-electron chi connectivity index (χ4n) is 5.10. The van der Waals surface area contributed by atoms with Crippen LogP contribution < -0.4 is 5.46 Å². The maximum atomic E-state index is 6.91. The maximum absolute atomic E-state index is 6.91. The van der Waals surface area contributed by atoms with E-state index in [0.717, 1.165) is 35.9 Å². The lowest BCUT2D eigenvalue weighted by Gasteiger charge is -2.32. The zero-order valence-electron chi connectivity index (χ0n) is 25.7. The summed E-state index contributed by atoms with van der Waals surface area (Å²) in [6.07, 6.45) is 3.13. The highest BCUT2D eigenvalue weighted by Crippen LogP contribution is 2.45. The minimum Gasteiger partial charge on any atom is -0.455 e. The van der Waals surface area contributed by atoms with Gasteiger partial charge in [-0.05, 0) is 80.3 Å². The van der Waals surface area contributed by atoms with Crippen LogP contribution in [-0.4, -0.2) is 18.3 Å². The third-order valence-corrected chi connectivity index (χ3v) is 10.1. The summed E-state index contributed by atoms with van der Waals surface area (Å²) in [5.74, 6) is 0. The molecule has 0 aliphatic carbocycles. The summed E-state index contributed by atoms with van der Waals surface area (Å²) < 4.78 is 20.0. The topological polar surface area (TPSA) is 31.6 Å². The second-order valence-electron chi connectivity index (χ2n) is 14.2. The van der Waals surface area contributed by atoms with Crippen LogP contribution in [0.25, 0.3) is 21.9 Å². The molecule has 2 aromatic carbocycles. The Morgan fingerprint density at radius 1 is 0.622 bits per heavy atom. The van der Waals surface area contributed by atoms with E-state index in [0.29, 0.717) is 0 Å². The van der Waals surface area contributed by atoms with Crippen LogP contribution in [0.2, 0.25) is 0 Å². The molecule has 4 rings (SSSR count). The molecule has 0 spiro atoms. The molecule has 1 aromatic heterocycles. The minimum atomic E-state index is -0.410. The van der Waals surface area contributed by atoms with E-state index in [1.165, 1.54) is 27.5 Å². The molecule has 37 heavy (non-hydrogen) atoms. The molecule has 1 fully saturated rings. The van der Waals surface area contributed by atoms with Crippen molar-refractivity contribution < 1.29 is 13.7 Å². The minimum absolute atomic E-state index is 0.000941. The van der Waals surface area contributed by atoms with Gasteiger partial charge in [-0.15, -0.1) is 0 Å². The zero-order chi connectivity index (χ0) is 27.8. The van der Waals surface area contributed by atoms with Crippen molar-refractivity contribution in [3.63, 3.8) is 0 Å². The second kappa shape index (κ2) is 8.88. The zero-order valence-corrected chi connectivity index (χ0v) is 25.7. The molecule has 3 nitrogen and oxygen atoms in total. The van der Waals surface area contributed by atoms with E-state index in [2.05, 4.69) is 114 Å². The Kier molecular flexibility index (Phi) is 6.78. The second-order valence-corrected chi connectivity index (χ2v) is 14.2. The van der Waals surface area contributed by atoms with Gasteiger partial charge in [0.2, 0.25) is 0 Å². The van der Waals surface area contributed by atoms with Gasteiger partial charge in [0.05, 0.1) is 11.2 Å². The van der Waals surface area contributed by atoms with Gasteiger partial charge in [0.15, 0.2) is 0 Å². The quantitative estimate of drug-likeness (QED) is 0.301.